The van der Waals surface area contributed by atoms with E-state index in [0.29, 0.717) is 0 Å². The zero-order valence-electron chi connectivity index (χ0n) is 13.3. The van der Waals surface area contributed by atoms with Crippen LogP contribution in [0.25, 0.3) is 0 Å². The molecule has 0 aliphatic carbocycles. The van der Waals surface area contributed by atoms with Gasteiger partial charge in [0.25, 0.3) is 5.91 Å². The normalized spacial score (nSPS) is 13.3. The lowest BCUT2D eigenvalue weighted by molar-refractivity contribution is -0.142. The molecule has 1 aromatic rings. The molecule has 0 aromatic heterocycles. The average molecular weight is 341 g/mol. The standard InChI is InChI=1S/C16H21ClN2O4/c1-4-12(16(22)23)18-15(21)13(9(2)3)19-14(20)10-7-5-6-8-11(10)17/h5-9,12-13H,4H2,1-3H3,(H,18,21)(H,19,20)(H,22,23)/t12-,13?/m1/s1. The molecule has 1 aromatic carbocycles. The molecule has 0 bridgehead atoms. The van der Waals surface area contributed by atoms with Crippen LogP contribution in [0.5, 0.6) is 0 Å². The Balaban J connectivity index is 2.87. The highest BCUT2D eigenvalue weighted by atomic mass is 35.5. The molecule has 0 fully saturated rings. The topological polar surface area (TPSA) is 95.5 Å². The van der Waals surface area contributed by atoms with Crippen molar-refractivity contribution in [3.8, 4) is 0 Å². The lowest BCUT2D eigenvalue weighted by atomic mass is 10.0. The highest BCUT2D eigenvalue weighted by Crippen LogP contribution is 2.15. The maximum Gasteiger partial charge on any atom is 0.326 e. The highest BCUT2D eigenvalue weighted by Gasteiger charge is 2.28. The van der Waals surface area contributed by atoms with Crippen LogP contribution in [0, 0.1) is 5.92 Å². The summed E-state index contributed by atoms with van der Waals surface area (Å²) in [5, 5.41) is 14.3. The predicted octanol–water partition coefficient (Wildman–Crippen LogP) is 2.07. The Hall–Kier alpha value is -2.08. The number of hydrogen-bond acceptors (Lipinski definition) is 3. The smallest absolute Gasteiger partial charge is 0.326 e. The predicted molar refractivity (Wildman–Crippen MR) is 87.4 cm³/mol. The number of carbonyl (C=O) groups is 3. The molecule has 6 nitrogen and oxygen atoms in total. The van der Waals surface area contributed by atoms with Gasteiger partial charge in [0.2, 0.25) is 5.91 Å². The number of amides is 2. The maximum atomic E-state index is 12.3. The summed E-state index contributed by atoms with van der Waals surface area (Å²) in [5.41, 5.74) is 0.262. The number of benzene rings is 1. The van der Waals surface area contributed by atoms with Crippen molar-refractivity contribution in [2.75, 3.05) is 0 Å². The Morgan fingerprint density at radius 2 is 1.78 bits per heavy atom. The summed E-state index contributed by atoms with van der Waals surface area (Å²) in [6.45, 7) is 5.18. The summed E-state index contributed by atoms with van der Waals surface area (Å²) in [7, 11) is 0. The minimum absolute atomic E-state index is 0.215. The molecule has 2 amide bonds. The molecule has 0 radical (unpaired) electrons. The Bertz CT molecular complexity index is 589. The molecule has 2 atom stereocenters. The van der Waals surface area contributed by atoms with E-state index in [1.165, 1.54) is 0 Å². The summed E-state index contributed by atoms with van der Waals surface area (Å²) in [4.78, 5) is 35.6. The van der Waals surface area contributed by atoms with E-state index in [1.807, 2.05) is 0 Å². The van der Waals surface area contributed by atoms with Gasteiger partial charge in [-0.15, -0.1) is 0 Å². The van der Waals surface area contributed by atoms with Crippen molar-refractivity contribution in [1.82, 2.24) is 10.6 Å². The van der Waals surface area contributed by atoms with Crippen LogP contribution in [0.1, 0.15) is 37.6 Å². The van der Waals surface area contributed by atoms with Gasteiger partial charge in [0.1, 0.15) is 12.1 Å². The first kappa shape index (κ1) is 19.0. The second-order valence-electron chi connectivity index (χ2n) is 5.48. The van der Waals surface area contributed by atoms with E-state index < -0.39 is 29.9 Å². The zero-order chi connectivity index (χ0) is 17.6. The van der Waals surface area contributed by atoms with Crippen molar-refractivity contribution >= 4 is 29.4 Å². The lowest BCUT2D eigenvalue weighted by Gasteiger charge is -2.23. The number of carbonyl (C=O) groups excluding carboxylic acids is 2. The SMILES string of the molecule is CC[C@@H](NC(=O)C(NC(=O)c1ccccc1Cl)C(C)C)C(=O)O. The fourth-order valence-corrected chi connectivity index (χ4v) is 2.22. The van der Waals surface area contributed by atoms with Crippen LogP contribution in [0.15, 0.2) is 24.3 Å². The van der Waals surface area contributed by atoms with Crippen LogP contribution in [0.2, 0.25) is 5.02 Å². The van der Waals surface area contributed by atoms with Crippen LogP contribution in [-0.4, -0.2) is 35.0 Å². The van der Waals surface area contributed by atoms with Crippen molar-refractivity contribution in [3.63, 3.8) is 0 Å². The van der Waals surface area contributed by atoms with E-state index in [9.17, 15) is 14.4 Å². The first-order valence-corrected chi connectivity index (χ1v) is 7.74. The van der Waals surface area contributed by atoms with E-state index in [0.717, 1.165) is 0 Å². The summed E-state index contributed by atoms with van der Waals surface area (Å²) >= 11 is 5.97. The van der Waals surface area contributed by atoms with Crippen LogP contribution < -0.4 is 10.6 Å². The summed E-state index contributed by atoms with van der Waals surface area (Å²) in [6.07, 6.45) is 0.254. The maximum absolute atomic E-state index is 12.3. The van der Waals surface area contributed by atoms with E-state index in [1.54, 1.807) is 45.0 Å². The number of carboxylic acid groups (broad SMARTS) is 1. The number of hydrogen-bond donors (Lipinski definition) is 3. The van der Waals surface area contributed by atoms with E-state index in [2.05, 4.69) is 10.6 Å². The Labute approximate surface area is 140 Å². The quantitative estimate of drug-likeness (QED) is 0.708. The molecule has 0 aliphatic heterocycles. The molecule has 126 valence electrons. The summed E-state index contributed by atoms with van der Waals surface area (Å²) in [6, 6.07) is 4.67. The van der Waals surface area contributed by atoms with Gasteiger partial charge >= 0.3 is 5.97 Å². The third-order valence-electron chi connectivity index (χ3n) is 3.38. The van der Waals surface area contributed by atoms with Gasteiger partial charge in [-0.25, -0.2) is 4.79 Å². The van der Waals surface area contributed by atoms with Crippen molar-refractivity contribution < 1.29 is 19.5 Å². The zero-order valence-corrected chi connectivity index (χ0v) is 14.1. The molecular weight excluding hydrogens is 320 g/mol. The van der Waals surface area contributed by atoms with E-state index in [4.69, 9.17) is 16.7 Å². The molecule has 1 rings (SSSR count). The molecular formula is C16H21ClN2O4. The van der Waals surface area contributed by atoms with Gasteiger partial charge in [-0.2, -0.15) is 0 Å². The highest BCUT2D eigenvalue weighted by molar-refractivity contribution is 6.33. The number of halogens is 1. The molecule has 0 aliphatic rings. The first-order chi connectivity index (χ1) is 10.8. The summed E-state index contributed by atoms with van der Waals surface area (Å²) in [5.74, 6) is -2.34. The molecule has 0 saturated carbocycles. The fourth-order valence-electron chi connectivity index (χ4n) is 2.00. The van der Waals surface area contributed by atoms with Crippen LogP contribution in [-0.2, 0) is 9.59 Å². The van der Waals surface area contributed by atoms with Gasteiger partial charge in [-0.05, 0) is 24.5 Å². The largest absolute Gasteiger partial charge is 0.480 e. The average Bonchev–Trinajstić information content (AvgIpc) is 2.49. The number of rotatable bonds is 7. The van der Waals surface area contributed by atoms with Gasteiger partial charge in [0.05, 0.1) is 10.6 Å². The Morgan fingerprint density at radius 1 is 1.17 bits per heavy atom. The monoisotopic (exact) mass is 340 g/mol. The molecule has 0 spiro atoms. The van der Waals surface area contributed by atoms with Gasteiger partial charge in [0.15, 0.2) is 0 Å². The van der Waals surface area contributed by atoms with Crippen LogP contribution in [0.3, 0.4) is 0 Å². The minimum atomic E-state index is -1.11. The van der Waals surface area contributed by atoms with Gasteiger partial charge in [0, 0.05) is 0 Å². The summed E-state index contributed by atoms with van der Waals surface area (Å²) < 4.78 is 0. The number of aliphatic carboxylic acids is 1. The third kappa shape index (κ3) is 5.25. The Morgan fingerprint density at radius 3 is 2.26 bits per heavy atom. The van der Waals surface area contributed by atoms with E-state index in [-0.39, 0.29) is 22.9 Å². The van der Waals surface area contributed by atoms with Crippen molar-refractivity contribution in [3.05, 3.63) is 34.9 Å². The van der Waals surface area contributed by atoms with Gasteiger partial charge in [-0.1, -0.05) is 44.5 Å². The first-order valence-electron chi connectivity index (χ1n) is 7.36. The minimum Gasteiger partial charge on any atom is -0.480 e. The molecule has 0 heterocycles. The molecule has 0 saturated heterocycles. The Kier molecular flexibility index (Phi) is 7.03. The second kappa shape index (κ2) is 8.53. The second-order valence-corrected chi connectivity index (χ2v) is 5.89. The van der Waals surface area contributed by atoms with Crippen molar-refractivity contribution in [1.29, 1.82) is 0 Å². The molecule has 3 N–H and O–H groups in total. The van der Waals surface area contributed by atoms with Crippen LogP contribution in [0.4, 0.5) is 0 Å². The lowest BCUT2D eigenvalue weighted by Crippen LogP contribution is -2.53. The van der Waals surface area contributed by atoms with E-state index >= 15 is 0 Å². The van der Waals surface area contributed by atoms with Crippen LogP contribution >= 0.6 is 11.6 Å². The van der Waals surface area contributed by atoms with Gasteiger partial charge in [-0.3, -0.25) is 9.59 Å². The molecule has 7 heteroatoms. The molecule has 1 unspecified atom stereocenters. The van der Waals surface area contributed by atoms with Crippen molar-refractivity contribution in [2.24, 2.45) is 5.92 Å². The van der Waals surface area contributed by atoms with Crippen molar-refractivity contribution in [2.45, 2.75) is 39.3 Å². The fraction of sp³-hybridized carbons (Fsp3) is 0.438. The molecule has 23 heavy (non-hydrogen) atoms. The van der Waals surface area contributed by atoms with Gasteiger partial charge < -0.3 is 15.7 Å². The number of carboxylic acids is 1. The third-order valence-corrected chi connectivity index (χ3v) is 3.71. The number of nitrogens with one attached hydrogen (secondary N) is 2.